The minimum atomic E-state index is 1.18. The molecule has 0 aliphatic heterocycles. The lowest BCUT2D eigenvalue weighted by Crippen LogP contribution is -2.40. The molecule has 0 N–H and O–H groups in total. The van der Waals surface area contributed by atoms with Crippen LogP contribution in [0, 0.1) is 0 Å². The maximum atomic E-state index is 2.39. The number of hydrogen-bond acceptors (Lipinski definition) is 0. The van der Waals surface area contributed by atoms with Gasteiger partial charge in [-0.3, -0.25) is 0 Å². The van der Waals surface area contributed by atoms with Gasteiger partial charge in [-0.25, -0.2) is 0 Å². The molecule has 0 rings (SSSR count). The van der Waals surface area contributed by atoms with Crippen LogP contribution in [-0.2, 0) is 0 Å². The Morgan fingerprint density at radius 2 is 1.28 bits per heavy atom. The fourth-order valence-electron chi connectivity index (χ4n) is 2.46. The van der Waals surface area contributed by atoms with E-state index in [-0.39, 0.29) is 0 Å². The van der Waals surface area contributed by atoms with Crippen molar-refractivity contribution in [2.45, 2.75) is 71.6 Å². The Morgan fingerprint density at radius 3 is 1.89 bits per heavy atom. The average molecular weight is 254 g/mol. The smallest absolute Gasteiger partial charge is 0.0785 e. The lowest BCUT2D eigenvalue weighted by atomic mass is 10.1. The van der Waals surface area contributed by atoms with E-state index in [2.05, 4.69) is 40.1 Å². The molecule has 0 bridgehead atoms. The highest BCUT2D eigenvalue weighted by atomic mass is 15.3. The molecule has 0 spiro atoms. The van der Waals surface area contributed by atoms with Crippen molar-refractivity contribution in [1.29, 1.82) is 0 Å². The van der Waals surface area contributed by atoms with Crippen LogP contribution in [0.2, 0.25) is 0 Å². The first kappa shape index (κ1) is 17.7. The van der Waals surface area contributed by atoms with Gasteiger partial charge in [0.2, 0.25) is 0 Å². The van der Waals surface area contributed by atoms with Gasteiger partial charge in [-0.15, -0.1) is 0 Å². The molecule has 0 heterocycles. The Hall–Kier alpha value is -0.300. The van der Waals surface area contributed by atoms with E-state index < -0.39 is 0 Å². The maximum Gasteiger partial charge on any atom is 0.0785 e. The number of hydrogen-bond donors (Lipinski definition) is 0. The van der Waals surface area contributed by atoms with Crippen LogP contribution in [0.3, 0.4) is 0 Å². The van der Waals surface area contributed by atoms with Crippen LogP contribution >= 0.6 is 0 Å². The van der Waals surface area contributed by atoms with Gasteiger partial charge in [0, 0.05) is 0 Å². The molecule has 108 valence electrons. The van der Waals surface area contributed by atoms with Crippen molar-refractivity contribution in [2.75, 3.05) is 27.2 Å². The summed E-state index contributed by atoms with van der Waals surface area (Å²) < 4.78 is 1.18. The second-order valence-electron chi connectivity index (χ2n) is 6.20. The second-order valence-corrected chi connectivity index (χ2v) is 6.20. The molecule has 0 radical (unpaired) electrons. The fourth-order valence-corrected chi connectivity index (χ4v) is 2.46. The fraction of sp³-hybridized carbons (Fsp3) is 0.882. The molecule has 0 amide bonds. The molecular formula is C17H36N+. The molecule has 0 aliphatic rings. The predicted molar refractivity (Wildman–Crippen MR) is 83.9 cm³/mol. The van der Waals surface area contributed by atoms with Crippen molar-refractivity contribution in [3.8, 4) is 0 Å². The first-order valence-electron chi connectivity index (χ1n) is 8.09. The molecule has 0 aliphatic carbocycles. The van der Waals surface area contributed by atoms with Crippen LogP contribution < -0.4 is 0 Å². The van der Waals surface area contributed by atoms with E-state index in [9.17, 15) is 0 Å². The summed E-state index contributed by atoms with van der Waals surface area (Å²) in [6.45, 7) is 7.17. The van der Waals surface area contributed by atoms with Crippen molar-refractivity contribution in [2.24, 2.45) is 0 Å². The summed E-state index contributed by atoms with van der Waals surface area (Å²) in [6, 6.07) is 0. The lowest BCUT2D eigenvalue weighted by Gasteiger charge is -2.29. The largest absolute Gasteiger partial charge is 0.328 e. The monoisotopic (exact) mass is 254 g/mol. The lowest BCUT2D eigenvalue weighted by molar-refractivity contribution is -0.890. The molecule has 0 aromatic heterocycles. The molecular weight excluding hydrogens is 218 g/mol. The minimum absolute atomic E-state index is 1.18. The number of nitrogens with zero attached hydrogens (tertiary/aromatic N) is 1. The van der Waals surface area contributed by atoms with Crippen LogP contribution in [0.4, 0.5) is 0 Å². The average Bonchev–Trinajstić information content (AvgIpc) is 2.31. The number of quaternary nitrogens is 1. The van der Waals surface area contributed by atoms with E-state index in [0.29, 0.717) is 0 Å². The first-order valence-corrected chi connectivity index (χ1v) is 8.09. The Morgan fingerprint density at radius 1 is 0.667 bits per heavy atom. The molecule has 1 heteroatoms. The first-order chi connectivity index (χ1) is 8.62. The van der Waals surface area contributed by atoms with Gasteiger partial charge in [0.1, 0.15) is 0 Å². The molecule has 0 atom stereocenters. The topological polar surface area (TPSA) is 0 Å². The number of allylic oxidation sites excluding steroid dienone is 2. The summed E-state index contributed by atoms with van der Waals surface area (Å²) in [5.41, 5.74) is 0. The highest BCUT2D eigenvalue weighted by Gasteiger charge is 2.11. The van der Waals surface area contributed by atoms with Crippen LogP contribution in [-0.4, -0.2) is 31.7 Å². The van der Waals surface area contributed by atoms with Gasteiger partial charge in [-0.05, 0) is 32.1 Å². The molecule has 0 fully saturated rings. The second kappa shape index (κ2) is 11.8. The van der Waals surface area contributed by atoms with Gasteiger partial charge < -0.3 is 4.48 Å². The van der Waals surface area contributed by atoms with Gasteiger partial charge in [0.15, 0.2) is 0 Å². The predicted octanol–water partition coefficient (Wildman–Crippen LogP) is 5.17. The van der Waals surface area contributed by atoms with E-state index >= 15 is 0 Å². The summed E-state index contributed by atoms with van der Waals surface area (Å²) >= 11 is 0. The van der Waals surface area contributed by atoms with Crippen LogP contribution in [0.25, 0.3) is 0 Å². The SMILES string of the molecule is CCCCCCC/C=C\CCC[N+](C)(C)CCC. The number of rotatable bonds is 12. The normalized spacial score (nSPS) is 12.4. The van der Waals surface area contributed by atoms with Crippen LogP contribution in [0.5, 0.6) is 0 Å². The molecule has 0 unspecified atom stereocenters. The van der Waals surface area contributed by atoms with Gasteiger partial charge >= 0.3 is 0 Å². The van der Waals surface area contributed by atoms with E-state index in [1.165, 1.54) is 75.4 Å². The third kappa shape index (κ3) is 12.2. The van der Waals surface area contributed by atoms with Crippen LogP contribution in [0.15, 0.2) is 12.2 Å². The van der Waals surface area contributed by atoms with Gasteiger partial charge in [-0.1, -0.05) is 51.7 Å². The molecule has 0 saturated carbocycles. The standard InChI is InChI=1S/C17H36N/c1-5-7-8-9-10-11-12-13-14-15-17-18(3,4)16-6-2/h12-13H,5-11,14-17H2,1-4H3/q+1/b13-12-. The van der Waals surface area contributed by atoms with Gasteiger partial charge in [0.25, 0.3) is 0 Å². The molecule has 0 saturated heterocycles. The quantitative estimate of drug-likeness (QED) is 0.256. The zero-order valence-corrected chi connectivity index (χ0v) is 13.4. The Bertz CT molecular complexity index is 194. The Balaban J connectivity index is 3.32. The van der Waals surface area contributed by atoms with Crippen molar-refractivity contribution >= 4 is 0 Å². The molecule has 1 nitrogen and oxygen atoms in total. The van der Waals surface area contributed by atoms with Crippen molar-refractivity contribution < 1.29 is 4.48 Å². The van der Waals surface area contributed by atoms with Crippen molar-refractivity contribution in [1.82, 2.24) is 0 Å². The molecule has 0 aromatic carbocycles. The van der Waals surface area contributed by atoms with Gasteiger partial charge in [0.05, 0.1) is 27.2 Å². The van der Waals surface area contributed by atoms with E-state index in [4.69, 9.17) is 0 Å². The zero-order valence-electron chi connectivity index (χ0n) is 13.4. The van der Waals surface area contributed by atoms with Gasteiger partial charge in [-0.2, -0.15) is 0 Å². The summed E-state index contributed by atoms with van der Waals surface area (Å²) in [7, 11) is 4.70. The summed E-state index contributed by atoms with van der Waals surface area (Å²) in [4.78, 5) is 0. The Labute approximate surface area is 116 Å². The third-order valence-corrected chi connectivity index (χ3v) is 3.60. The van der Waals surface area contributed by atoms with Crippen molar-refractivity contribution in [3.05, 3.63) is 12.2 Å². The summed E-state index contributed by atoms with van der Waals surface area (Å²) in [5.74, 6) is 0. The minimum Gasteiger partial charge on any atom is -0.328 e. The van der Waals surface area contributed by atoms with Crippen molar-refractivity contribution in [3.63, 3.8) is 0 Å². The highest BCUT2D eigenvalue weighted by Crippen LogP contribution is 2.07. The summed E-state index contributed by atoms with van der Waals surface area (Å²) in [6.07, 6.45) is 16.9. The maximum absolute atomic E-state index is 2.39. The Kier molecular flexibility index (Phi) is 11.6. The van der Waals surface area contributed by atoms with E-state index in [0.717, 1.165) is 0 Å². The van der Waals surface area contributed by atoms with E-state index in [1.54, 1.807) is 0 Å². The number of unbranched alkanes of at least 4 members (excludes halogenated alkanes) is 6. The molecule has 0 aromatic rings. The van der Waals surface area contributed by atoms with Crippen LogP contribution in [0.1, 0.15) is 71.6 Å². The zero-order chi connectivity index (χ0) is 13.7. The van der Waals surface area contributed by atoms with E-state index in [1.807, 2.05) is 0 Å². The summed E-state index contributed by atoms with van der Waals surface area (Å²) in [5, 5.41) is 0. The third-order valence-electron chi connectivity index (χ3n) is 3.60. The highest BCUT2D eigenvalue weighted by molar-refractivity contribution is 4.81. The molecule has 18 heavy (non-hydrogen) atoms.